The van der Waals surface area contributed by atoms with Crippen molar-refractivity contribution < 1.29 is 14.6 Å². The summed E-state index contributed by atoms with van der Waals surface area (Å²) < 4.78 is 5.34. The lowest BCUT2D eigenvalue weighted by molar-refractivity contribution is -0.132. The molecule has 1 N–H and O–H groups in total. The van der Waals surface area contributed by atoms with Gasteiger partial charge in [0.2, 0.25) is 0 Å². The minimum Gasteiger partial charge on any atom is -0.478 e. The molecule has 3 nitrogen and oxygen atoms in total. The first-order valence-corrected chi connectivity index (χ1v) is 6.17. The van der Waals surface area contributed by atoms with Crippen LogP contribution in [0.1, 0.15) is 51.9 Å². The van der Waals surface area contributed by atoms with Crippen LogP contribution in [-0.2, 0) is 9.53 Å². The van der Waals surface area contributed by atoms with Crippen LogP contribution in [0.2, 0.25) is 0 Å². The summed E-state index contributed by atoms with van der Waals surface area (Å²) in [6.07, 6.45) is 7.88. The van der Waals surface area contributed by atoms with Crippen LogP contribution < -0.4 is 0 Å². The average molecular weight is 228 g/mol. The van der Waals surface area contributed by atoms with E-state index in [-0.39, 0.29) is 5.57 Å². The molecule has 0 unspecified atom stereocenters. The highest BCUT2D eigenvalue weighted by atomic mass is 16.5. The summed E-state index contributed by atoms with van der Waals surface area (Å²) in [4.78, 5) is 10.4. The fourth-order valence-electron chi connectivity index (χ4n) is 1.39. The number of unbranched alkanes of at least 4 members (excludes halogenated alkanes) is 5. The Bertz CT molecular complexity index is 199. The highest BCUT2D eigenvalue weighted by Crippen LogP contribution is 2.05. The van der Waals surface area contributed by atoms with Gasteiger partial charge in [0.25, 0.3) is 0 Å². The van der Waals surface area contributed by atoms with E-state index in [1.54, 1.807) is 0 Å². The average Bonchev–Trinajstić information content (AvgIpc) is 2.26. The Labute approximate surface area is 98.5 Å². The van der Waals surface area contributed by atoms with Gasteiger partial charge in [-0.1, -0.05) is 45.6 Å². The van der Waals surface area contributed by atoms with Gasteiger partial charge in [0.1, 0.15) is 0 Å². The lowest BCUT2D eigenvalue weighted by Crippen LogP contribution is -2.04. The van der Waals surface area contributed by atoms with Gasteiger partial charge in [-0.05, 0) is 6.42 Å². The third-order valence-electron chi connectivity index (χ3n) is 2.49. The van der Waals surface area contributed by atoms with E-state index in [1.165, 1.54) is 32.1 Å². The zero-order valence-electron chi connectivity index (χ0n) is 10.3. The largest absolute Gasteiger partial charge is 0.478 e. The molecule has 0 aromatic carbocycles. The summed E-state index contributed by atoms with van der Waals surface area (Å²) in [5.74, 6) is -0.928. The Hall–Kier alpha value is -0.830. The molecule has 0 aromatic heterocycles. The summed E-state index contributed by atoms with van der Waals surface area (Å²) >= 11 is 0. The van der Waals surface area contributed by atoms with Crippen molar-refractivity contribution in [3.8, 4) is 0 Å². The second-order valence-corrected chi connectivity index (χ2v) is 4.04. The van der Waals surface area contributed by atoms with Crippen LogP contribution in [0.4, 0.5) is 0 Å². The van der Waals surface area contributed by atoms with Crippen molar-refractivity contribution in [2.24, 2.45) is 0 Å². The van der Waals surface area contributed by atoms with E-state index in [4.69, 9.17) is 9.84 Å². The van der Waals surface area contributed by atoms with Gasteiger partial charge in [-0.2, -0.15) is 0 Å². The molecule has 16 heavy (non-hydrogen) atoms. The quantitative estimate of drug-likeness (QED) is 0.435. The van der Waals surface area contributed by atoms with Gasteiger partial charge in [0, 0.05) is 18.6 Å². The zero-order chi connectivity index (χ0) is 12.2. The highest BCUT2D eigenvalue weighted by molar-refractivity contribution is 5.85. The maximum absolute atomic E-state index is 10.4. The molecule has 0 saturated heterocycles. The third-order valence-corrected chi connectivity index (χ3v) is 2.49. The summed E-state index contributed by atoms with van der Waals surface area (Å²) in [5.41, 5.74) is 0.225. The lowest BCUT2D eigenvalue weighted by Gasteiger charge is -2.04. The number of carbonyl (C=O) groups is 1. The van der Waals surface area contributed by atoms with E-state index in [0.717, 1.165) is 13.0 Å². The molecule has 0 saturated carbocycles. The van der Waals surface area contributed by atoms with Crippen LogP contribution in [0.25, 0.3) is 0 Å². The van der Waals surface area contributed by atoms with Gasteiger partial charge in [-0.15, -0.1) is 0 Å². The highest BCUT2D eigenvalue weighted by Gasteiger charge is 2.02. The first kappa shape index (κ1) is 15.2. The molecule has 0 bridgehead atoms. The molecule has 0 amide bonds. The number of hydrogen-bond donors (Lipinski definition) is 1. The van der Waals surface area contributed by atoms with Crippen molar-refractivity contribution in [2.45, 2.75) is 51.9 Å². The maximum atomic E-state index is 10.4. The molecule has 94 valence electrons. The zero-order valence-corrected chi connectivity index (χ0v) is 10.3. The van der Waals surface area contributed by atoms with Crippen LogP contribution >= 0.6 is 0 Å². The summed E-state index contributed by atoms with van der Waals surface area (Å²) in [7, 11) is 0. The molecule has 0 fully saturated rings. The molecule has 0 rings (SSSR count). The Balaban J connectivity index is 3.10. The lowest BCUT2D eigenvalue weighted by atomic mass is 10.1. The van der Waals surface area contributed by atoms with E-state index in [0.29, 0.717) is 13.0 Å². The number of aliphatic carboxylic acids is 1. The molecule has 0 aliphatic rings. The van der Waals surface area contributed by atoms with Crippen molar-refractivity contribution in [1.29, 1.82) is 0 Å². The predicted molar refractivity (Wildman–Crippen MR) is 65.6 cm³/mol. The number of carboxylic acid groups (broad SMARTS) is 1. The number of ether oxygens (including phenoxy) is 1. The second-order valence-electron chi connectivity index (χ2n) is 4.04. The van der Waals surface area contributed by atoms with Crippen molar-refractivity contribution in [3.05, 3.63) is 12.2 Å². The van der Waals surface area contributed by atoms with Crippen LogP contribution in [0.15, 0.2) is 12.2 Å². The van der Waals surface area contributed by atoms with Crippen LogP contribution in [0.5, 0.6) is 0 Å². The molecule has 0 atom stereocenters. The Morgan fingerprint density at radius 2 is 1.75 bits per heavy atom. The van der Waals surface area contributed by atoms with Gasteiger partial charge in [-0.3, -0.25) is 0 Å². The van der Waals surface area contributed by atoms with Gasteiger partial charge in [0.05, 0.1) is 6.61 Å². The van der Waals surface area contributed by atoms with Gasteiger partial charge >= 0.3 is 5.97 Å². The molecule has 0 aromatic rings. The van der Waals surface area contributed by atoms with E-state index >= 15 is 0 Å². The molecule has 0 radical (unpaired) electrons. The molecular weight excluding hydrogens is 204 g/mol. The van der Waals surface area contributed by atoms with Gasteiger partial charge < -0.3 is 9.84 Å². The first-order chi connectivity index (χ1) is 7.68. The SMILES string of the molecule is C=C(CCOCCCCCCCC)C(=O)O. The molecule has 3 heteroatoms. The number of carboxylic acids is 1. The molecule has 0 aliphatic heterocycles. The van der Waals surface area contributed by atoms with E-state index in [1.807, 2.05) is 0 Å². The maximum Gasteiger partial charge on any atom is 0.331 e. The minimum absolute atomic E-state index is 0.225. The number of rotatable bonds is 11. The fourth-order valence-corrected chi connectivity index (χ4v) is 1.39. The Morgan fingerprint density at radius 1 is 1.12 bits per heavy atom. The normalized spacial score (nSPS) is 10.3. The fraction of sp³-hybridized carbons (Fsp3) is 0.769. The number of hydrogen-bond acceptors (Lipinski definition) is 2. The molecule has 0 aliphatic carbocycles. The monoisotopic (exact) mass is 228 g/mol. The van der Waals surface area contributed by atoms with Gasteiger partial charge in [0.15, 0.2) is 0 Å². The summed E-state index contributed by atoms with van der Waals surface area (Å²) in [6, 6.07) is 0. The first-order valence-electron chi connectivity index (χ1n) is 6.17. The van der Waals surface area contributed by atoms with Crippen molar-refractivity contribution in [2.75, 3.05) is 13.2 Å². The van der Waals surface area contributed by atoms with Crippen molar-refractivity contribution >= 4 is 5.97 Å². The van der Waals surface area contributed by atoms with Crippen molar-refractivity contribution in [3.63, 3.8) is 0 Å². The van der Waals surface area contributed by atoms with Crippen molar-refractivity contribution in [1.82, 2.24) is 0 Å². The topological polar surface area (TPSA) is 46.5 Å². The van der Waals surface area contributed by atoms with Crippen LogP contribution in [-0.4, -0.2) is 24.3 Å². The Morgan fingerprint density at radius 3 is 2.38 bits per heavy atom. The second kappa shape index (κ2) is 10.7. The van der Waals surface area contributed by atoms with E-state index in [2.05, 4.69) is 13.5 Å². The van der Waals surface area contributed by atoms with Crippen LogP contribution in [0, 0.1) is 0 Å². The molecular formula is C13H24O3. The predicted octanol–water partition coefficient (Wildman–Crippen LogP) is 3.39. The molecule has 0 spiro atoms. The Kier molecular flexibility index (Phi) is 10.1. The summed E-state index contributed by atoms with van der Waals surface area (Å²) in [6.45, 7) is 6.86. The summed E-state index contributed by atoms with van der Waals surface area (Å²) in [5, 5.41) is 8.55. The standard InChI is InChI=1S/C13H24O3/c1-3-4-5-6-7-8-10-16-11-9-12(2)13(14)15/h2-11H2,1H3,(H,14,15). The van der Waals surface area contributed by atoms with Crippen LogP contribution in [0.3, 0.4) is 0 Å². The third kappa shape index (κ3) is 9.71. The van der Waals surface area contributed by atoms with E-state index < -0.39 is 5.97 Å². The smallest absolute Gasteiger partial charge is 0.331 e. The van der Waals surface area contributed by atoms with Gasteiger partial charge in [-0.25, -0.2) is 4.79 Å². The minimum atomic E-state index is -0.928. The molecule has 0 heterocycles. The van der Waals surface area contributed by atoms with E-state index in [9.17, 15) is 4.79 Å².